The summed E-state index contributed by atoms with van der Waals surface area (Å²) in [4.78, 5) is 0. The molecule has 0 fully saturated rings. The minimum atomic E-state index is 0.152. The quantitative estimate of drug-likeness (QED) is 0.269. The standard InChI is InChI=1S/C26H34N4O2/c1-5-21(27-29-23-14-7-9-16-25(23)31-3)19-12-11-13-20(18-19)22(6-2)28-30-24-15-8-10-17-26(24)32-4/h7-18,21-22,27-30H,5-6H2,1-4H3/t21-,22-/m0/s1. The highest BCUT2D eigenvalue weighted by atomic mass is 16.5. The third-order valence-corrected chi connectivity index (χ3v) is 5.51. The van der Waals surface area contributed by atoms with Gasteiger partial charge in [-0.25, -0.2) is 10.9 Å². The van der Waals surface area contributed by atoms with Crippen LogP contribution in [0, 0.1) is 0 Å². The van der Waals surface area contributed by atoms with Crippen molar-refractivity contribution >= 4 is 11.4 Å². The molecule has 6 nitrogen and oxygen atoms in total. The molecule has 0 aliphatic rings. The average molecular weight is 435 g/mol. The van der Waals surface area contributed by atoms with E-state index in [1.165, 1.54) is 11.1 Å². The van der Waals surface area contributed by atoms with Crippen LogP contribution in [0.15, 0.2) is 72.8 Å². The van der Waals surface area contributed by atoms with Crippen molar-refractivity contribution in [3.05, 3.63) is 83.9 Å². The minimum Gasteiger partial charge on any atom is -0.495 e. The van der Waals surface area contributed by atoms with Gasteiger partial charge in [-0.3, -0.25) is 0 Å². The van der Waals surface area contributed by atoms with Crippen molar-refractivity contribution < 1.29 is 9.47 Å². The highest BCUT2D eigenvalue weighted by Gasteiger charge is 2.14. The molecule has 0 saturated carbocycles. The van der Waals surface area contributed by atoms with Gasteiger partial charge >= 0.3 is 0 Å². The fourth-order valence-corrected chi connectivity index (χ4v) is 3.66. The number of hydrogen-bond acceptors (Lipinski definition) is 6. The molecule has 4 N–H and O–H groups in total. The Balaban J connectivity index is 1.70. The second kappa shape index (κ2) is 12.0. The Morgan fingerprint density at radius 2 is 1.06 bits per heavy atom. The van der Waals surface area contributed by atoms with E-state index < -0.39 is 0 Å². The number of benzene rings is 3. The Bertz CT molecular complexity index is 905. The van der Waals surface area contributed by atoms with Crippen LogP contribution >= 0.6 is 0 Å². The predicted octanol–water partition coefficient (Wildman–Crippen LogP) is 5.84. The summed E-state index contributed by atoms with van der Waals surface area (Å²) in [5.41, 5.74) is 17.8. The summed E-state index contributed by atoms with van der Waals surface area (Å²) in [6, 6.07) is 24.8. The molecule has 3 aromatic carbocycles. The SMILES string of the molecule is CC[C@H](NNc1ccccc1OC)c1cccc([C@H](CC)NNc2ccccc2OC)c1. The van der Waals surface area contributed by atoms with Gasteiger partial charge in [-0.1, -0.05) is 62.4 Å². The van der Waals surface area contributed by atoms with Gasteiger partial charge in [-0.2, -0.15) is 0 Å². The van der Waals surface area contributed by atoms with Gasteiger partial charge in [0.05, 0.1) is 37.7 Å². The third-order valence-electron chi connectivity index (χ3n) is 5.51. The van der Waals surface area contributed by atoms with E-state index in [1.54, 1.807) is 14.2 Å². The maximum absolute atomic E-state index is 5.44. The Kier molecular flexibility index (Phi) is 8.78. The van der Waals surface area contributed by atoms with Crippen LogP contribution in [0.3, 0.4) is 0 Å². The molecule has 0 unspecified atom stereocenters. The highest BCUT2D eigenvalue weighted by Crippen LogP contribution is 2.27. The first-order chi connectivity index (χ1) is 15.7. The summed E-state index contributed by atoms with van der Waals surface area (Å²) in [7, 11) is 3.36. The first kappa shape index (κ1) is 23.4. The zero-order valence-electron chi connectivity index (χ0n) is 19.3. The van der Waals surface area contributed by atoms with Gasteiger partial charge in [0.15, 0.2) is 0 Å². The molecule has 2 atom stereocenters. The van der Waals surface area contributed by atoms with Crippen LogP contribution in [0.5, 0.6) is 11.5 Å². The highest BCUT2D eigenvalue weighted by molar-refractivity contribution is 5.56. The minimum absolute atomic E-state index is 0.152. The number of nitrogens with one attached hydrogen (secondary N) is 4. The van der Waals surface area contributed by atoms with Crippen LogP contribution in [0.1, 0.15) is 49.9 Å². The van der Waals surface area contributed by atoms with Crippen LogP contribution in [0.2, 0.25) is 0 Å². The first-order valence-corrected chi connectivity index (χ1v) is 11.1. The van der Waals surface area contributed by atoms with Crippen LogP contribution in [0.4, 0.5) is 11.4 Å². The largest absolute Gasteiger partial charge is 0.495 e. The van der Waals surface area contributed by atoms with Crippen LogP contribution in [0.25, 0.3) is 0 Å². The van der Waals surface area contributed by atoms with E-state index >= 15 is 0 Å². The zero-order chi connectivity index (χ0) is 22.8. The van der Waals surface area contributed by atoms with Gasteiger partial charge in [0, 0.05) is 0 Å². The number of methoxy groups -OCH3 is 2. The Labute approximate surface area is 191 Å². The number of hydrazine groups is 2. The normalized spacial score (nSPS) is 12.6. The van der Waals surface area contributed by atoms with Crippen molar-refractivity contribution in [3.8, 4) is 11.5 Å². The first-order valence-electron chi connectivity index (χ1n) is 11.1. The molecule has 0 heterocycles. The van der Waals surface area contributed by atoms with Gasteiger partial charge in [-0.15, -0.1) is 0 Å². The molecular formula is C26H34N4O2. The topological polar surface area (TPSA) is 66.6 Å². The van der Waals surface area contributed by atoms with Gasteiger partial charge in [0.2, 0.25) is 0 Å². The number of anilines is 2. The Morgan fingerprint density at radius 3 is 1.47 bits per heavy atom. The molecular weight excluding hydrogens is 400 g/mol. The average Bonchev–Trinajstić information content (AvgIpc) is 2.85. The van der Waals surface area contributed by atoms with Crippen molar-refractivity contribution in [1.29, 1.82) is 0 Å². The monoisotopic (exact) mass is 434 g/mol. The van der Waals surface area contributed by atoms with Crippen LogP contribution < -0.4 is 31.2 Å². The lowest BCUT2D eigenvalue weighted by atomic mass is 9.98. The van der Waals surface area contributed by atoms with Gasteiger partial charge in [0.1, 0.15) is 11.5 Å². The van der Waals surface area contributed by atoms with E-state index in [4.69, 9.17) is 9.47 Å². The van der Waals surface area contributed by atoms with E-state index in [1.807, 2.05) is 48.5 Å². The van der Waals surface area contributed by atoms with E-state index in [2.05, 4.69) is 59.8 Å². The molecule has 3 rings (SSSR count). The van der Waals surface area contributed by atoms with Crippen molar-refractivity contribution in [3.63, 3.8) is 0 Å². The van der Waals surface area contributed by atoms with E-state index in [0.29, 0.717) is 0 Å². The lowest BCUT2D eigenvalue weighted by molar-refractivity contribution is 0.415. The van der Waals surface area contributed by atoms with E-state index in [0.717, 1.165) is 35.7 Å². The molecule has 3 aromatic rings. The molecule has 0 amide bonds. The molecule has 0 aromatic heterocycles. The van der Waals surface area contributed by atoms with Crippen molar-refractivity contribution in [2.75, 3.05) is 25.1 Å². The summed E-state index contributed by atoms with van der Waals surface area (Å²) in [6.07, 6.45) is 1.88. The van der Waals surface area contributed by atoms with Gasteiger partial charge in [0.25, 0.3) is 0 Å². The molecule has 0 aliphatic heterocycles. The molecule has 0 spiro atoms. The van der Waals surface area contributed by atoms with Crippen LogP contribution in [-0.4, -0.2) is 14.2 Å². The second-order valence-corrected chi connectivity index (χ2v) is 7.53. The lowest BCUT2D eigenvalue weighted by Crippen LogP contribution is -2.29. The fourth-order valence-electron chi connectivity index (χ4n) is 3.66. The van der Waals surface area contributed by atoms with Crippen molar-refractivity contribution in [1.82, 2.24) is 10.9 Å². The van der Waals surface area contributed by atoms with Gasteiger partial charge < -0.3 is 20.3 Å². The van der Waals surface area contributed by atoms with E-state index in [9.17, 15) is 0 Å². The fraction of sp³-hybridized carbons (Fsp3) is 0.308. The lowest BCUT2D eigenvalue weighted by Gasteiger charge is -2.23. The summed E-state index contributed by atoms with van der Waals surface area (Å²) in [5.74, 6) is 1.61. The molecule has 0 saturated heterocycles. The summed E-state index contributed by atoms with van der Waals surface area (Å²) in [6.45, 7) is 4.35. The molecule has 32 heavy (non-hydrogen) atoms. The van der Waals surface area contributed by atoms with Crippen LogP contribution in [-0.2, 0) is 0 Å². The Hall–Kier alpha value is -3.22. The van der Waals surface area contributed by atoms with Gasteiger partial charge in [-0.05, 0) is 48.2 Å². The maximum Gasteiger partial charge on any atom is 0.143 e. The second-order valence-electron chi connectivity index (χ2n) is 7.53. The Morgan fingerprint density at radius 1 is 0.625 bits per heavy atom. The number of rotatable bonds is 12. The number of ether oxygens (including phenoxy) is 2. The summed E-state index contributed by atoms with van der Waals surface area (Å²) < 4.78 is 10.9. The van der Waals surface area contributed by atoms with Crippen molar-refractivity contribution in [2.45, 2.75) is 38.8 Å². The number of hydrogen-bond donors (Lipinski definition) is 4. The number of para-hydroxylation sites is 4. The maximum atomic E-state index is 5.44. The van der Waals surface area contributed by atoms with E-state index in [-0.39, 0.29) is 12.1 Å². The smallest absolute Gasteiger partial charge is 0.143 e. The summed E-state index contributed by atoms with van der Waals surface area (Å²) >= 11 is 0. The zero-order valence-corrected chi connectivity index (χ0v) is 19.3. The molecule has 0 radical (unpaired) electrons. The third kappa shape index (κ3) is 5.93. The molecule has 170 valence electrons. The summed E-state index contributed by atoms with van der Waals surface area (Å²) in [5, 5.41) is 0. The molecule has 0 aliphatic carbocycles. The molecule has 0 bridgehead atoms. The van der Waals surface area contributed by atoms with Crippen molar-refractivity contribution in [2.24, 2.45) is 0 Å². The molecule has 6 heteroatoms. The predicted molar refractivity (Wildman–Crippen MR) is 132 cm³/mol.